The normalized spacial score (nSPS) is 18.6. The molecule has 0 saturated heterocycles. The van der Waals surface area contributed by atoms with Crippen LogP contribution in [-0.4, -0.2) is 18.6 Å². The van der Waals surface area contributed by atoms with Crippen molar-refractivity contribution in [1.29, 1.82) is 0 Å². The Bertz CT molecular complexity index is 398. The molecule has 1 amide bonds. The van der Waals surface area contributed by atoms with Gasteiger partial charge in [-0.1, -0.05) is 25.1 Å². The molecule has 3 N–H and O–H groups in total. The zero-order chi connectivity index (χ0) is 11.5. The molecule has 17 heavy (non-hydrogen) atoms. The van der Waals surface area contributed by atoms with Gasteiger partial charge in [-0.25, -0.2) is 0 Å². The molecule has 0 aliphatic carbocycles. The molecule has 0 aromatic heterocycles. The Hall–Kier alpha value is -1.26. The van der Waals surface area contributed by atoms with Gasteiger partial charge in [0.1, 0.15) is 12.4 Å². The minimum Gasteiger partial charge on any atom is -0.491 e. The van der Waals surface area contributed by atoms with Gasteiger partial charge in [0.05, 0.1) is 12.1 Å². The molecule has 5 heteroatoms. The summed E-state index contributed by atoms with van der Waals surface area (Å²) in [5.41, 5.74) is 6.69. The highest BCUT2D eigenvalue weighted by Gasteiger charge is 2.26. The molecule has 2 atom stereocenters. The minimum atomic E-state index is -0.437. The summed E-state index contributed by atoms with van der Waals surface area (Å²) in [6, 6.07) is 7.22. The predicted octanol–water partition coefficient (Wildman–Crippen LogP) is 1.40. The van der Waals surface area contributed by atoms with Gasteiger partial charge in [0.15, 0.2) is 0 Å². The second-order valence-corrected chi connectivity index (χ2v) is 3.92. The van der Waals surface area contributed by atoms with Crippen molar-refractivity contribution >= 4 is 18.3 Å². The number of para-hydroxylation sites is 1. The lowest BCUT2D eigenvalue weighted by Gasteiger charge is -2.14. The molecular weight excluding hydrogens is 240 g/mol. The fourth-order valence-corrected chi connectivity index (χ4v) is 1.75. The number of hydrogen-bond acceptors (Lipinski definition) is 3. The highest BCUT2D eigenvalue weighted by Crippen LogP contribution is 2.31. The highest BCUT2D eigenvalue weighted by atomic mass is 35.5. The van der Waals surface area contributed by atoms with Gasteiger partial charge in [-0.3, -0.25) is 4.79 Å². The van der Waals surface area contributed by atoms with Crippen LogP contribution >= 0.6 is 12.4 Å². The fourth-order valence-electron chi connectivity index (χ4n) is 1.75. The summed E-state index contributed by atoms with van der Waals surface area (Å²) >= 11 is 0. The monoisotopic (exact) mass is 256 g/mol. The van der Waals surface area contributed by atoms with Crippen LogP contribution in [0.25, 0.3) is 0 Å². The van der Waals surface area contributed by atoms with Crippen LogP contribution < -0.4 is 15.8 Å². The summed E-state index contributed by atoms with van der Waals surface area (Å²) in [7, 11) is 0. The lowest BCUT2D eigenvalue weighted by molar-refractivity contribution is -0.123. The zero-order valence-corrected chi connectivity index (χ0v) is 10.5. The number of fused-ring (bicyclic) bond motifs is 1. The predicted molar refractivity (Wildman–Crippen MR) is 68.3 cm³/mol. The van der Waals surface area contributed by atoms with E-state index >= 15 is 0 Å². The summed E-state index contributed by atoms with van der Waals surface area (Å²) in [6.07, 6.45) is 0.640. The Morgan fingerprint density at radius 2 is 2.29 bits per heavy atom. The standard InChI is InChI=1S/C12H16N2O2.ClH/c1-2-9(13)12(15)14-10-7-16-11-6-4-3-5-8(10)11;/h3-6,9-10H,2,7,13H2,1H3,(H,14,15);1H/t9-,10?;/m0./s1. The smallest absolute Gasteiger partial charge is 0.237 e. The van der Waals surface area contributed by atoms with Crippen molar-refractivity contribution in [2.75, 3.05) is 6.61 Å². The molecule has 1 aromatic rings. The van der Waals surface area contributed by atoms with Gasteiger partial charge < -0.3 is 15.8 Å². The van der Waals surface area contributed by atoms with Crippen molar-refractivity contribution in [3.05, 3.63) is 29.8 Å². The quantitative estimate of drug-likeness (QED) is 0.859. The van der Waals surface area contributed by atoms with E-state index in [4.69, 9.17) is 10.5 Å². The van der Waals surface area contributed by atoms with E-state index in [1.54, 1.807) is 0 Å². The molecule has 0 spiro atoms. The number of halogens is 1. The molecule has 1 heterocycles. The Kier molecular flexibility index (Phi) is 4.78. The van der Waals surface area contributed by atoms with Gasteiger partial charge in [0, 0.05) is 5.56 Å². The van der Waals surface area contributed by atoms with E-state index in [1.807, 2.05) is 31.2 Å². The van der Waals surface area contributed by atoms with Crippen molar-refractivity contribution in [3.63, 3.8) is 0 Å². The molecule has 0 bridgehead atoms. The highest BCUT2D eigenvalue weighted by molar-refractivity contribution is 5.85. The first-order valence-electron chi connectivity index (χ1n) is 5.50. The van der Waals surface area contributed by atoms with Crippen molar-refractivity contribution in [1.82, 2.24) is 5.32 Å². The van der Waals surface area contributed by atoms with E-state index in [0.29, 0.717) is 13.0 Å². The summed E-state index contributed by atoms with van der Waals surface area (Å²) < 4.78 is 5.47. The molecule has 2 rings (SSSR count). The lowest BCUT2D eigenvalue weighted by Crippen LogP contribution is -2.42. The second-order valence-electron chi connectivity index (χ2n) is 3.92. The first-order chi connectivity index (χ1) is 7.72. The molecule has 0 fully saturated rings. The van der Waals surface area contributed by atoms with Crippen LogP contribution in [0.1, 0.15) is 24.9 Å². The van der Waals surface area contributed by atoms with Gasteiger partial charge >= 0.3 is 0 Å². The van der Waals surface area contributed by atoms with Gasteiger partial charge in [-0.05, 0) is 12.5 Å². The fraction of sp³-hybridized carbons (Fsp3) is 0.417. The number of benzene rings is 1. The van der Waals surface area contributed by atoms with Crippen molar-refractivity contribution < 1.29 is 9.53 Å². The van der Waals surface area contributed by atoms with Crippen molar-refractivity contribution in [3.8, 4) is 5.75 Å². The molecular formula is C12H17ClN2O2. The number of amides is 1. The Labute approximate surface area is 107 Å². The summed E-state index contributed by atoms with van der Waals surface area (Å²) in [4.78, 5) is 11.6. The number of nitrogens with two attached hydrogens (primary N) is 1. The average Bonchev–Trinajstić information content (AvgIpc) is 2.72. The van der Waals surface area contributed by atoms with Crippen LogP contribution in [0, 0.1) is 0 Å². The van der Waals surface area contributed by atoms with Crippen LogP contribution in [-0.2, 0) is 4.79 Å². The maximum atomic E-state index is 11.6. The number of carbonyl (C=O) groups excluding carboxylic acids is 1. The van der Waals surface area contributed by atoms with Crippen LogP contribution in [0.3, 0.4) is 0 Å². The van der Waals surface area contributed by atoms with Crippen LogP contribution in [0.4, 0.5) is 0 Å². The molecule has 1 unspecified atom stereocenters. The molecule has 94 valence electrons. The van der Waals surface area contributed by atoms with Crippen molar-refractivity contribution in [2.45, 2.75) is 25.4 Å². The van der Waals surface area contributed by atoms with E-state index < -0.39 is 6.04 Å². The Morgan fingerprint density at radius 1 is 1.59 bits per heavy atom. The third-order valence-corrected chi connectivity index (χ3v) is 2.79. The molecule has 0 radical (unpaired) electrons. The minimum absolute atomic E-state index is 0. The van der Waals surface area contributed by atoms with Crippen LogP contribution in [0.2, 0.25) is 0 Å². The van der Waals surface area contributed by atoms with E-state index in [1.165, 1.54) is 0 Å². The molecule has 1 aliphatic heterocycles. The van der Waals surface area contributed by atoms with Gasteiger partial charge in [-0.15, -0.1) is 12.4 Å². The maximum absolute atomic E-state index is 11.6. The van der Waals surface area contributed by atoms with Crippen molar-refractivity contribution in [2.24, 2.45) is 5.73 Å². The average molecular weight is 257 g/mol. The SMILES string of the molecule is CC[C@H](N)C(=O)NC1COc2ccccc21.Cl. The summed E-state index contributed by atoms with van der Waals surface area (Å²) in [6.45, 7) is 2.38. The van der Waals surface area contributed by atoms with E-state index in [2.05, 4.69) is 5.32 Å². The lowest BCUT2D eigenvalue weighted by atomic mass is 10.1. The second kappa shape index (κ2) is 5.89. The third kappa shape index (κ3) is 2.90. The third-order valence-electron chi connectivity index (χ3n) is 2.79. The van der Waals surface area contributed by atoms with Gasteiger partial charge in [0.25, 0.3) is 0 Å². The molecule has 0 saturated carbocycles. The number of hydrogen-bond donors (Lipinski definition) is 2. The topological polar surface area (TPSA) is 64.4 Å². The van der Waals surface area contributed by atoms with Gasteiger partial charge in [-0.2, -0.15) is 0 Å². The first kappa shape index (κ1) is 13.8. The maximum Gasteiger partial charge on any atom is 0.237 e. The Balaban J connectivity index is 0.00000144. The summed E-state index contributed by atoms with van der Waals surface area (Å²) in [5, 5.41) is 2.90. The summed E-state index contributed by atoms with van der Waals surface area (Å²) in [5.74, 6) is 0.727. The number of nitrogens with one attached hydrogen (secondary N) is 1. The van der Waals surface area contributed by atoms with Gasteiger partial charge in [0.2, 0.25) is 5.91 Å². The van der Waals surface area contributed by atoms with Crippen LogP contribution in [0.5, 0.6) is 5.75 Å². The van der Waals surface area contributed by atoms with E-state index in [0.717, 1.165) is 11.3 Å². The number of ether oxygens (including phenoxy) is 1. The van der Waals surface area contributed by atoms with Crippen LogP contribution in [0.15, 0.2) is 24.3 Å². The zero-order valence-electron chi connectivity index (χ0n) is 9.68. The number of rotatable bonds is 3. The van der Waals surface area contributed by atoms with E-state index in [-0.39, 0.29) is 24.4 Å². The molecule has 1 aromatic carbocycles. The number of carbonyl (C=O) groups is 1. The Morgan fingerprint density at radius 3 is 3.00 bits per heavy atom. The van der Waals surface area contributed by atoms with E-state index in [9.17, 15) is 4.79 Å². The molecule has 1 aliphatic rings. The largest absolute Gasteiger partial charge is 0.491 e. The first-order valence-corrected chi connectivity index (χ1v) is 5.50. The molecule has 4 nitrogen and oxygen atoms in total.